The maximum Gasteiger partial charge on any atom is 0.230 e. The monoisotopic (exact) mass is 415 g/mol. The molecule has 0 bridgehead atoms. The molecule has 8 nitrogen and oxygen atoms in total. The Morgan fingerprint density at radius 2 is 1.86 bits per heavy atom. The lowest BCUT2D eigenvalue weighted by Gasteiger charge is -2.34. The van der Waals surface area contributed by atoms with Crippen LogP contribution in [0.5, 0.6) is 0 Å². The Kier molecular flexibility index (Phi) is 6.78. The van der Waals surface area contributed by atoms with E-state index in [9.17, 15) is 4.79 Å². The van der Waals surface area contributed by atoms with Gasteiger partial charge in [0.2, 0.25) is 11.1 Å². The summed E-state index contributed by atoms with van der Waals surface area (Å²) in [5, 5.41) is 15.6. The number of piperazine rings is 1. The van der Waals surface area contributed by atoms with Crippen LogP contribution in [0.3, 0.4) is 0 Å². The molecule has 0 radical (unpaired) electrons. The highest BCUT2D eigenvalue weighted by atomic mass is 32.2. The zero-order chi connectivity index (χ0) is 20.1. The second kappa shape index (κ2) is 9.69. The Balaban J connectivity index is 1.26. The number of hydrogen-bond acceptors (Lipinski definition) is 7. The minimum atomic E-state index is 0.00621. The fourth-order valence-electron chi connectivity index (χ4n) is 3.59. The first-order chi connectivity index (χ1) is 14.2. The van der Waals surface area contributed by atoms with Crippen LogP contribution in [0.2, 0.25) is 0 Å². The second-order valence-corrected chi connectivity index (χ2v) is 8.62. The molecule has 2 aliphatic rings. The Hall–Kier alpha value is -1.97. The van der Waals surface area contributed by atoms with E-state index < -0.39 is 0 Å². The van der Waals surface area contributed by atoms with Crippen LogP contribution in [0.25, 0.3) is 0 Å². The molecular weight excluding hydrogens is 386 g/mol. The highest BCUT2D eigenvalue weighted by molar-refractivity contribution is 7.99. The Morgan fingerprint density at radius 3 is 2.59 bits per heavy atom. The average Bonchev–Trinajstić information content (AvgIpc) is 3.49. The van der Waals surface area contributed by atoms with E-state index in [1.807, 2.05) is 10.7 Å². The number of likely N-dealkylation sites (N-methyl/N-ethyl adjacent to an activating group) is 1. The minimum Gasteiger partial charge on any atom is -0.351 e. The number of amides is 1. The van der Waals surface area contributed by atoms with Gasteiger partial charge < -0.3 is 10.2 Å². The molecule has 0 unspecified atom stereocenters. The highest BCUT2D eigenvalue weighted by Crippen LogP contribution is 2.36. The number of rotatable bonds is 9. The predicted octanol–water partition coefficient (Wildman–Crippen LogP) is 1.55. The first-order valence-electron chi connectivity index (χ1n) is 10.4. The van der Waals surface area contributed by atoms with Crippen LogP contribution < -0.4 is 5.32 Å². The zero-order valence-electron chi connectivity index (χ0n) is 17.0. The molecule has 2 fully saturated rings. The maximum absolute atomic E-state index is 12.4. The quantitative estimate of drug-likeness (QED) is 0.623. The smallest absolute Gasteiger partial charge is 0.230 e. The van der Waals surface area contributed by atoms with Gasteiger partial charge in [-0.15, -0.1) is 5.10 Å². The standard InChI is InChI=1S/C20H29N7OS/c1-2-25-9-11-26(12-10-25)14-17-6-4-3-5-16(17)13-21-19(28)15-29-20-22-23-24-27(20)18-7-8-18/h3-6,18H,2,7-15H2,1H3,(H,21,28). The number of nitrogens with zero attached hydrogens (tertiary/aromatic N) is 6. The van der Waals surface area contributed by atoms with Crippen molar-refractivity contribution in [1.29, 1.82) is 0 Å². The Labute approximate surface area is 176 Å². The third-order valence-electron chi connectivity index (χ3n) is 5.59. The molecule has 2 heterocycles. The SMILES string of the molecule is CCN1CCN(Cc2ccccc2CNC(=O)CSc2nnnn2C2CC2)CC1. The van der Waals surface area contributed by atoms with Crippen molar-refractivity contribution in [1.82, 2.24) is 35.3 Å². The Morgan fingerprint density at radius 1 is 1.14 bits per heavy atom. The molecule has 2 aromatic rings. The maximum atomic E-state index is 12.4. The lowest BCUT2D eigenvalue weighted by molar-refractivity contribution is -0.118. The van der Waals surface area contributed by atoms with E-state index in [1.54, 1.807) is 0 Å². The van der Waals surface area contributed by atoms with Crippen LogP contribution in [-0.4, -0.2) is 74.4 Å². The summed E-state index contributed by atoms with van der Waals surface area (Å²) in [5.41, 5.74) is 2.48. The van der Waals surface area contributed by atoms with Crippen molar-refractivity contribution < 1.29 is 4.79 Å². The van der Waals surface area contributed by atoms with E-state index in [4.69, 9.17) is 0 Å². The summed E-state index contributed by atoms with van der Waals surface area (Å²) in [7, 11) is 0. The molecule has 9 heteroatoms. The topological polar surface area (TPSA) is 79.2 Å². The number of benzene rings is 1. The lowest BCUT2D eigenvalue weighted by atomic mass is 10.1. The average molecular weight is 416 g/mol. The van der Waals surface area contributed by atoms with Crippen molar-refractivity contribution in [3.05, 3.63) is 35.4 Å². The summed E-state index contributed by atoms with van der Waals surface area (Å²) in [6, 6.07) is 8.82. The van der Waals surface area contributed by atoms with E-state index in [1.165, 1.54) is 22.9 Å². The summed E-state index contributed by atoms with van der Waals surface area (Å²) < 4.78 is 1.84. The van der Waals surface area contributed by atoms with E-state index >= 15 is 0 Å². The highest BCUT2D eigenvalue weighted by Gasteiger charge is 2.28. The van der Waals surface area contributed by atoms with Crippen LogP contribution in [0.15, 0.2) is 29.4 Å². The van der Waals surface area contributed by atoms with Gasteiger partial charge in [0.05, 0.1) is 11.8 Å². The summed E-state index contributed by atoms with van der Waals surface area (Å²) >= 11 is 1.40. The van der Waals surface area contributed by atoms with Gasteiger partial charge in [0.1, 0.15) is 0 Å². The number of carbonyl (C=O) groups excluding carboxylic acids is 1. The first kappa shape index (κ1) is 20.3. The van der Waals surface area contributed by atoms with Crippen LogP contribution in [0.1, 0.15) is 36.9 Å². The minimum absolute atomic E-state index is 0.00621. The van der Waals surface area contributed by atoms with Crippen molar-refractivity contribution in [2.24, 2.45) is 0 Å². The molecule has 29 heavy (non-hydrogen) atoms. The summed E-state index contributed by atoms with van der Waals surface area (Å²) in [4.78, 5) is 17.3. The van der Waals surface area contributed by atoms with Crippen molar-refractivity contribution in [2.75, 3.05) is 38.5 Å². The van der Waals surface area contributed by atoms with Gasteiger partial charge in [0.25, 0.3) is 0 Å². The number of tetrazole rings is 1. The van der Waals surface area contributed by atoms with Gasteiger partial charge in [0, 0.05) is 39.3 Å². The van der Waals surface area contributed by atoms with Crippen molar-refractivity contribution in [3.8, 4) is 0 Å². The second-order valence-electron chi connectivity index (χ2n) is 7.68. The van der Waals surface area contributed by atoms with Crippen LogP contribution in [0.4, 0.5) is 0 Å². The number of aromatic nitrogens is 4. The Bertz CT molecular complexity index is 815. The number of thioether (sulfide) groups is 1. The molecule has 4 rings (SSSR count). The van der Waals surface area contributed by atoms with Gasteiger partial charge in [-0.2, -0.15) is 0 Å². The van der Waals surface area contributed by atoms with Crippen LogP contribution >= 0.6 is 11.8 Å². The molecule has 1 aliphatic carbocycles. The molecular formula is C20H29N7OS. The van der Waals surface area contributed by atoms with Crippen LogP contribution in [-0.2, 0) is 17.9 Å². The normalized spacial score (nSPS) is 18.1. The van der Waals surface area contributed by atoms with Gasteiger partial charge in [-0.3, -0.25) is 9.69 Å². The fraction of sp³-hybridized carbons (Fsp3) is 0.600. The van der Waals surface area contributed by atoms with E-state index in [0.29, 0.717) is 18.3 Å². The number of carbonyl (C=O) groups is 1. The van der Waals surface area contributed by atoms with E-state index in [2.05, 4.69) is 55.8 Å². The molecule has 1 N–H and O–H groups in total. The molecule has 1 aliphatic heterocycles. The first-order valence-corrected chi connectivity index (χ1v) is 11.4. The molecule has 1 saturated heterocycles. The number of hydrogen-bond donors (Lipinski definition) is 1. The van der Waals surface area contributed by atoms with Gasteiger partial charge in [-0.25, -0.2) is 4.68 Å². The van der Waals surface area contributed by atoms with E-state index in [-0.39, 0.29) is 5.91 Å². The summed E-state index contributed by atoms with van der Waals surface area (Å²) in [6.45, 7) is 9.30. The molecule has 0 atom stereocenters. The van der Waals surface area contributed by atoms with Gasteiger partial charge >= 0.3 is 0 Å². The molecule has 1 aromatic heterocycles. The summed E-state index contributed by atoms with van der Waals surface area (Å²) in [6.07, 6.45) is 2.24. The van der Waals surface area contributed by atoms with Crippen molar-refractivity contribution in [3.63, 3.8) is 0 Å². The molecule has 156 valence electrons. The predicted molar refractivity (Wildman–Crippen MR) is 112 cm³/mol. The van der Waals surface area contributed by atoms with Crippen molar-refractivity contribution >= 4 is 17.7 Å². The molecule has 1 saturated carbocycles. The third kappa shape index (κ3) is 5.55. The molecule has 0 spiro atoms. The largest absolute Gasteiger partial charge is 0.351 e. The lowest BCUT2D eigenvalue weighted by Crippen LogP contribution is -2.45. The van der Waals surface area contributed by atoms with Crippen LogP contribution in [0, 0.1) is 0 Å². The zero-order valence-corrected chi connectivity index (χ0v) is 17.8. The van der Waals surface area contributed by atoms with Gasteiger partial charge in [-0.1, -0.05) is 43.0 Å². The third-order valence-corrected chi connectivity index (χ3v) is 6.52. The fourth-order valence-corrected chi connectivity index (χ4v) is 4.37. The molecule has 1 aromatic carbocycles. The molecule has 1 amide bonds. The van der Waals surface area contributed by atoms with Gasteiger partial charge in [0.15, 0.2) is 0 Å². The number of nitrogens with one attached hydrogen (secondary N) is 1. The van der Waals surface area contributed by atoms with Gasteiger partial charge in [-0.05, 0) is 40.9 Å². The van der Waals surface area contributed by atoms with Crippen molar-refractivity contribution in [2.45, 2.75) is 44.1 Å². The van der Waals surface area contributed by atoms with E-state index in [0.717, 1.165) is 57.3 Å². The summed E-state index contributed by atoms with van der Waals surface area (Å²) in [5.74, 6) is 0.334.